The molecule has 1 atom stereocenters. The Hall–Kier alpha value is -0.870. The van der Waals surface area contributed by atoms with Crippen LogP contribution in [0, 0.1) is 0 Å². The van der Waals surface area contributed by atoms with Crippen LogP contribution in [0.25, 0.3) is 0 Å². The molecule has 0 saturated carbocycles. The lowest BCUT2D eigenvalue weighted by molar-refractivity contribution is 0.177. The summed E-state index contributed by atoms with van der Waals surface area (Å²) in [5.41, 5.74) is 1.14. The second-order valence-corrected chi connectivity index (χ2v) is 6.92. The number of ether oxygens (including phenoxy) is 1. The van der Waals surface area contributed by atoms with E-state index in [-0.39, 0.29) is 29.3 Å². The first kappa shape index (κ1) is 15.2. The van der Waals surface area contributed by atoms with Gasteiger partial charge in [-0.2, -0.15) is 0 Å². The number of amides is 1. The molecule has 1 amide bonds. The zero-order chi connectivity index (χ0) is 12.5. The van der Waals surface area contributed by atoms with Crippen LogP contribution in [0.1, 0.15) is 32.4 Å². The molecule has 0 spiro atoms. The lowest BCUT2D eigenvalue weighted by Gasteiger charge is -2.21. The van der Waals surface area contributed by atoms with Gasteiger partial charge in [0.05, 0.1) is 6.04 Å². The Morgan fingerprint density at radius 1 is 1.33 bits per heavy atom. The van der Waals surface area contributed by atoms with Gasteiger partial charge in [-0.25, -0.2) is 4.79 Å². The largest absolute Gasteiger partial charge is 0.447 e. The minimum atomic E-state index is -0.328. The van der Waals surface area contributed by atoms with Crippen LogP contribution in [-0.2, 0) is 4.74 Å². The van der Waals surface area contributed by atoms with Crippen molar-refractivity contribution in [2.75, 3.05) is 6.61 Å². The Morgan fingerprint density at radius 3 is 2.56 bits per heavy atom. The summed E-state index contributed by atoms with van der Waals surface area (Å²) in [6, 6.07) is 8.14. The molecule has 18 heavy (non-hydrogen) atoms. The highest BCUT2D eigenvalue weighted by Crippen LogP contribution is 2.36. The molecular formula is C13H18ClNO2S. The number of hydrogen-bond donors (Lipinski definition) is 1. The average molecular weight is 288 g/mol. The normalized spacial score (nSPS) is 18.8. The molecule has 1 aliphatic heterocycles. The molecule has 1 heterocycles. The Morgan fingerprint density at radius 2 is 2.00 bits per heavy atom. The molecule has 0 radical (unpaired) electrons. The van der Waals surface area contributed by atoms with E-state index in [0.29, 0.717) is 6.61 Å². The van der Waals surface area contributed by atoms with Crippen molar-refractivity contribution in [3.05, 3.63) is 29.8 Å². The highest BCUT2D eigenvalue weighted by atomic mass is 35.5. The van der Waals surface area contributed by atoms with Crippen LogP contribution in [0.15, 0.2) is 29.2 Å². The smallest absolute Gasteiger partial charge is 0.407 e. The Kier molecular flexibility index (Phi) is 4.93. The molecule has 0 aromatic heterocycles. The number of benzene rings is 1. The third kappa shape index (κ3) is 3.82. The van der Waals surface area contributed by atoms with Crippen LogP contribution >= 0.6 is 24.2 Å². The average Bonchev–Trinajstić information content (AvgIpc) is 2.63. The van der Waals surface area contributed by atoms with Crippen LogP contribution in [0.5, 0.6) is 0 Å². The van der Waals surface area contributed by atoms with E-state index in [1.165, 1.54) is 4.90 Å². The SMILES string of the molecule is CC(C)(C)Sc1ccccc1[C@H]1COC(=O)N1.Cl. The van der Waals surface area contributed by atoms with E-state index in [0.717, 1.165) is 5.56 Å². The zero-order valence-electron chi connectivity index (χ0n) is 10.7. The Bertz CT molecular complexity index is 431. The van der Waals surface area contributed by atoms with E-state index in [9.17, 15) is 4.79 Å². The molecule has 1 fully saturated rings. The van der Waals surface area contributed by atoms with Crippen LogP contribution in [0.3, 0.4) is 0 Å². The third-order valence-electron chi connectivity index (χ3n) is 2.38. The van der Waals surface area contributed by atoms with Crippen molar-refractivity contribution >= 4 is 30.3 Å². The fourth-order valence-corrected chi connectivity index (χ4v) is 2.88. The molecule has 0 unspecified atom stereocenters. The summed E-state index contributed by atoms with van der Waals surface area (Å²) in [4.78, 5) is 12.3. The summed E-state index contributed by atoms with van der Waals surface area (Å²) in [6.07, 6.45) is -0.328. The molecule has 1 N–H and O–H groups in total. The van der Waals surface area contributed by atoms with Gasteiger partial charge in [-0.05, 0) is 11.6 Å². The van der Waals surface area contributed by atoms with Crippen LogP contribution in [0.4, 0.5) is 4.79 Å². The molecule has 3 nitrogen and oxygen atoms in total. The van der Waals surface area contributed by atoms with Crippen molar-refractivity contribution in [1.29, 1.82) is 0 Å². The van der Waals surface area contributed by atoms with E-state index in [2.05, 4.69) is 32.2 Å². The minimum Gasteiger partial charge on any atom is -0.447 e. The highest BCUT2D eigenvalue weighted by Gasteiger charge is 2.26. The first-order valence-electron chi connectivity index (χ1n) is 5.67. The van der Waals surface area contributed by atoms with Crippen LogP contribution in [-0.4, -0.2) is 17.4 Å². The van der Waals surface area contributed by atoms with Crippen molar-refractivity contribution in [3.63, 3.8) is 0 Å². The second-order valence-electron chi connectivity index (χ2n) is 5.05. The fourth-order valence-electron chi connectivity index (χ4n) is 1.74. The first-order valence-corrected chi connectivity index (χ1v) is 6.48. The van der Waals surface area contributed by atoms with Gasteiger partial charge in [0, 0.05) is 9.64 Å². The summed E-state index contributed by atoms with van der Waals surface area (Å²) in [7, 11) is 0. The van der Waals surface area contributed by atoms with Crippen molar-refractivity contribution in [2.45, 2.75) is 36.5 Å². The molecule has 100 valence electrons. The monoisotopic (exact) mass is 287 g/mol. The van der Waals surface area contributed by atoms with Crippen molar-refractivity contribution in [2.24, 2.45) is 0 Å². The molecule has 1 aromatic rings. The molecule has 0 aliphatic carbocycles. The van der Waals surface area contributed by atoms with E-state index in [1.54, 1.807) is 0 Å². The summed E-state index contributed by atoms with van der Waals surface area (Å²) in [5, 5.41) is 2.82. The van der Waals surface area contributed by atoms with Gasteiger partial charge in [0.2, 0.25) is 0 Å². The molecule has 5 heteroatoms. The maximum atomic E-state index is 11.1. The Labute approximate surface area is 118 Å². The van der Waals surface area contributed by atoms with Gasteiger partial charge >= 0.3 is 6.09 Å². The predicted octanol–water partition coefficient (Wildman–Crippen LogP) is 3.78. The number of nitrogens with one attached hydrogen (secondary N) is 1. The van der Waals surface area contributed by atoms with Crippen LogP contribution in [0.2, 0.25) is 0 Å². The predicted molar refractivity (Wildman–Crippen MR) is 76.5 cm³/mol. The Balaban J connectivity index is 0.00000162. The zero-order valence-corrected chi connectivity index (χ0v) is 12.4. The summed E-state index contributed by atoms with van der Waals surface area (Å²) < 4.78 is 5.10. The molecule has 0 bridgehead atoms. The van der Waals surface area contributed by atoms with Gasteiger partial charge in [-0.15, -0.1) is 24.2 Å². The van der Waals surface area contributed by atoms with E-state index >= 15 is 0 Å². The highest BCUT2D eigenvalue weighted by molar-refractivity contribution is 8.00. The molecule has 1 aliphatic rings. The van der Waals surface area contributed by atoms with Crippen molar-refractivity contribution in [3.8, 4) is 0 Å². The third-order valence-corrected chi connectivity index (χ3v) is 3.59. The quantitative estimate of drug-likeness (QED) is 0.841. The van der Waals surface area contributed by atoms with Gasteiger partial charge in [0.15, 0.2) is 0 Å². The maximum absolute atomic E-state index is 11.1. The fraction of sp³-hybridized carbons (Fsp3) is 0.462. The van der Waals surface area contributed by atoms with E-state index in [1.807, 2.05) is 30.0 Å². The number of halogens is 1. The number of alkyl carbamates (subject to hydrolysis) is 1. The number of carbonyl (C=O) groups excluding carboxylic acids is 1. The number of thioether (sulfide) groups is 1. The van der Waals surface area contributed by atoms with Gasteiger partial charge in [-0.3, -0.25) is 0 Å². The summed E-state index contributed by atoms with van der Waals surface area (Å²) in [5.74, 6) is 0. The van der Waals surface area contributed by atoms with Gasteiger partial charge < -0.3 is 10.1 Å². The number of cyclic esters (lactones) is 1. The first-order chi connectivity index (χ1) is 7.96. The van der Waals surface area contributed by atoms with Crippen molar-refractivity contribution < 1.29 is 9.53 Å². The number of rotatable bonds is 2. The topological polar surface area (TPSA) is 38.3 Å². The van der Waals surface area contributed by atoms with Gasteiger partial charge in [-0.1, -0.05) is 39.0 Å². The molecule has 2 rings (SSSR count). The second kappa shape index (κ2) is 5.85. The van der Waals surface area contributed by atoms with Gasteiger partial charge in [0.25, 0.3) is 0 Å². The minimum absolute atomic E-state index is 0. The van der Waals surface area contributed by atoms with Crippen LogP contribution < -0.4 is 5.32 Å². The molecule has 1 saturated heterocycles. The standard InChI is InChI=1S/C13H17NO2S.ClH/c1-13(2,3)17-11-7-5-4-6-9(11)10-8-16-12(15)14-10;/h4-7,10H,8H2,1-3H3,(H,14,15);1H/t10-;/m1./s1. The number of carbonyl (C=O) groups is 1. The lowest BCUT2D eigenvalue weighted by Crippen LogP contribution is -2.19. The van der Waals surface area contributed by atoms with Crippen molar-refractivity contribution in [1.82, 2.24) is 5.32 Å². The maximum Gasteiger partial charge on any atom is 0.407 e. The van der Waals surface area contributed by atoms with Gasteiger partial charge in [0.1, 0.15) is 6.61 Å². The van der Waals surface area contributed by atoms with E-state index < -0.39 is 0 Å². The summed E-state index contributed by atoms with van der Waals surface area (Å²) in [6.45, 7) is 6.95. The van der Waals surface area contributed by atoms with E-state index in [4.69, 9.17) is 4.74 Å². The number of hydrogen-bond acceptors (Lipinski definition) is 3. The lowest BCUT2D eigenvalue weighted by atomic mass is 10.1. The summed E-state index contributed by atoms with van der Waals surface area (Å²) >= 11 is 1.81. The molecule has 1 aromatic carbocycles. The molecular weight excluding hydrogens is 270 g/mol.